The average molecular weight is 240 g/mol. The van der Waals surface area contributed by atoms with Crippen molar-refractivity contribution < 1.29 is 4.74 Å². The Morgan fingerprint density at radius 3 is 3.19 bits per heavy atom. The molecule has 0 spiro atoms. The highest BCUT2D eigenvalue weighted by Gasteiger charge is 2.03. The molecule has 0 aliphatic heterocycles. The van der Waals surface area contributed by atoms with Crippen LogP contribution in [-0.2, 0) is 4.74 Å². The van der Waals surface area contributed by atoms with Crippen LogP contribution in [-0.4, -0.2) is 31.5 Å². The van der Waals surface area contributed by atoms with Crippen LogP contribution in [0.5, 0.6) is 0 Å². The molecule has 0 aliphatic rings. The minimum absolute atomic E-state index is 0.256. The van der Waals surface area contributed by atoms with Crippen LogP contribution in [0.2, 0.25) is 5.15 Å². The average Bonchev–Trinajstić information content (AvgIpc) is 2.28. The molecule has 0 atom stereocenters. The number of rotatable bonds is 5. The fraction of sp³-hybridized carbons (Fsp3) is 0.333. The lowest BCUT2D eigenvalue weighted by molar-refractivity contribution is 0.208. The first-order valence-electron chi connectivity index (χ1n) is 4.48. The number of nitrogens with zero attached hydrogens (tertiary/aromatic N) is 5. The molecule has 0 bridgehead atoms. The molecule has 0 amide bonds. The number of hydrogen-bond acceptors (Lipinski definition) is 4. The van der Waals surface area contributed by atoms with Gasteiger partial charge in [-0.15, -0.1) is 0 Å². The number of pyridine rings is 1. The van der Waals surface area contributed by atoms with Crippen molar-refractivity contribution in [3.63, 3.8) is 0 Å². The maximum Gasteiger partial charge on any atom is 0.138 e. The first kappa shape index (κ1) is 12.4. The Hall–Kier alpha value is -1.62. The van der Waals surface area contributed by atoms with E-state index in [1.807, 2.05) is 0 Å². The molecule has 0 saturated heterocycles. The van der Waals surface area contributed by atoms with Gasteiger partial charge < -0.3 is 4.74 Å². The minimum Gasteiger partial charge on any atom is -0.383 e. The van der Waals surface area contributed by atoms with E-state index >= 15 is 0 Å². The van der Waals surface area contributed by atoms with Crippen LogP contribution in [0, 0.1) is 0 Å². The van der Waals surface area contributed by atoms with Gasteiger partial charge in [-0.25, -0.2) is 4.98 Å². The summed E-state index contributed by atoms with van der Waals surface area (Å²) in [5.74, 6) is 0. The molecule has 1 aromatic rings. The minimum atomic E-state index is 0.256. The summed E-state index contributed by atoms with van der Waals surface area (Å²) in [6.45, 7) is 1.03. The van der Waals surface area contributed by atoms with E-state index in [0.29, 0.717) is 24.4 Å². The smallest absolute Gasteiger partial charge is 0.138 e. The van der Waals surface area contributed by atoms with Gasteiger partial charge in [-0.3, -0.25) is 4.99 Å². The Bertz CT molecular complexity index is 428. The normalized spacial score (nSPS) is 10.4. The van der Waals surface area contributed by atoms with Crippen molar-refractivity contribution in [3.05, 3.63) is 33.4 Å². The highest BCUT2D eigenvalue weighted by atomic mass is 35.5. The SMILES string of the molecule is COCCN=Cc1c(N=[N+]=[N-])ccnc1Cl. The fourth-order valence-electron chi connectivity index (χ4n) is 0.993. The maximum atomic E-state index is 8.38. The van der Waals surface area contributed by atoms with Crippen LogP contribution >= 0.6 is 11.6 Å². The lowest BCUT2D eigenvalue weighted by Crippen LogP contribution is -1.94. The van der Waals surface area contributed by atoms with Crippen molar-refractivity contribution in [2.45, 2.75) is 0 Å². The molecule has 0 N–H and O–H groups in total. The van der Waals surface area contributed by atoms with Crippen LogP contribution in [0.3, 0.4) is 0 Å². The first-order valence-corrected chi connectivity index (χ1v) is 4.85. The topological polar surface area (TPSA) is 83.2 Å². The summed E-state index contributed by atoms with van der Waals surface area (Å²) < 4.78 is 4.84. The van der Waals surface area contributed by atoms with Gasteiger partial charge in [-0.1, -0.05) is 16.7 Å². The molecule has 84 valence electrons. The number of hydrogen-bond donors (Lipinski definition) is 0. The van der Waals surface area contributed by atoms with Gasteiger partial charge in [0.15, 0.2) is 0 Å². The van der Waals surface area contributed by atoms with Gasteiger partial charge in [0.25, 0.3) is 0 Å². The summed E-state index contributed by atoms with van der Waals surface area (Å²) in [6, 6.07) is 1.57. The molecule has 0 saturated carbocycles. The fourth-order valence-corrected chi connectivity index (χ4v) is 1.19. The Morgan fingerprint density at radius 1 is 1.69 bits per heavy atom. The second-order valence-corrected chi connectivity index (χ2v) is 3.11. The molecule has 0 fully saturated rings. The molecule has 0 aliphatic carbocycles. The van der Waals surface area contributed by atoms with Gasteiger partial charge in [-0.2, -0.15) is 0 Å². The molecule has 0 radical (unpaired) electrons. The maximum absolute atomic E-state index is 8.38. The van der Waals surface area contributed by atoms with Crippen molar-refractivity contribution in [2.75, 3.05) is 20.3 Å². The molecule has 0 aromatic carbocycles. The Morgan fingerprint density at radius 2 is 2.50 bits per heavy atom. The third-order valence-electron chi connectivity index (χ3n) is 1.72. The van der Waals surface area contributed by atoms with Crippen LogP contribution < -0.4 is 0 Å². The van der Waals surface area contributed by atoms with Gasteiger partial charge in [0, 0.05) is 30.0 Å². The van der Waals surface area contributed by atoms with Crippen molar-refractivity contribution >= 4 is 23.5 Å². The zero-order chi connectivity index (χ0) is 11.8. The molecular weight excluding hydrogens is 230 g/mol. The van der Waals surface area contributed by atoms with Crippen molar-refractivity contribution in [3.8, 4) is 0 Å². The van der Waals surface area contributed by atoms with Gasteiger partial charge in [0.1, 0.15) is 5.15 Å². The standard InChI is InChI=1S/C9H10ClN5O/c1-16-5-4-12-6-7-8(14-15-11)2-3-13-9(7)10/h2-3,6H,4-5H2,1H3. The second kappa shape index (κ2) is 6.79. The Labute approximate surface area is 97.6 Å². The molecule has 16 heavy (non-hydrogen) atoms. The summed E-state index contributed by atoms with van der Waals surface area (Å²) in [6.07, 6.45) is 3.00. The van der Waals surface area contributed by atoms with E-state index in [4.69, 9.17) is 21.9 Å². The monoisotopic (exact) mass is 239 g/mol. The van der Waals surface area contributed by atoms with E-state index in [0.717, 1.165) is 0 Å². The zero-order valence-corrected chi connectivity index (χ0v) is 9.42. The molecule has 1 aromatic heterocycles. The lowest BCUT2D eigenvalue weighted by Gasteiger charge is -2.00. The highest BCUT2D eigenvalue weighted by molar-refractivity contribution is 6.32. The van der Waals surface area contributed by atoms with Crippen LogP contribution in [0.1, 0.15) is 5.56 Å². The summed E-state index contributed by atoms with van der Waals surface area (Å²) in [5, 5.41) is 3.76. The molecule has 1 rings (SSSR count). The molecule has 1 heterocycles. The first-order chi connectivity index (χ1) is 7.79. The molecule has 6 nitrogen and oxygen atoms in total. The predicted molar refractivity (Wildman–Crippen MR) is 62.4 cm³/mol. The number of aliphatic imine (C=N–C) groups is 1. The van der Waals surface area contributed by atoms with Crippen molar-refractivity contribution in [1.29, 1.82) is 0 Å². The lowest BCUT2D eigenvalue weighted by atomic mass is 10.2. The predicted octanol–water partition coefficient (Wildman–Crippen LogP) is 2.74. The number of ether oxygens (including phenoxy) is 1. The second-order valence-electron chi connectivity index (χ2n) is 2.75. The van der Waals surface area contributed by atoms with Gasteiger partial charge in [0.2, 0.25) is 0 Å². The van der Waals surface area contributed by atoms with E-state index in [-0.39, 0.29) is 5.15 Å². The van der Waals surface area contributed by atoms with Crippen LogP contribution in [0.15, 0.2) is 22.4 Å². The third kappa shape index (κ3) is 3.51. The van der Waals surface area contributed by atoms with Gasteiger partial charge in [0.05, 0.1) is 18.8 Å². The quantitative estimate of drug-likeness (QED) is 0.198. The van der Waals surface area contributed by atoms with E-state index in [1.165, 1.54) is 12.4 Å². The van der Waals surface area contributed by atoms with Crippen LogP contribution in [0.25, 0.3) is 10.4 Å². The summed E-state index contributed by atoms with van der Waals surface area (Å²) in [5.41, 5.74) is 9.29. The summed E-state index contributed by atoms with van der Waals surface area (Å²) >= 11 is 5.86. The summed E-state index contributed by atoms with van der Waals surface area (Å²) in [4.78, 5) is 10.7. The van der Waals surface area contributed by atoms with Crippen LogP contribution in [0.4, 0.5) is 5.69 Å². The molecule has 7 heteroatoms. The highest BCUT2D eigenvalue weighted by Crippen LogP contribution is 2.22. The van der Waals surface area contributed by atoms with Crippen molar-refractivity contribution in [2.24, 2.45) is 10.1 Å². The van der Waals surface area contributed by atoms with E-state index in [9.17, 15) is 0 Å². The molecular formula is C9H10ClN5O. The summed E-state index contributed by atoms with van der Waals surface area (Å²) in [7, 11) is 1.60. The van der Waals surface area contributed by atoms with Gasteiger partial charge in [-0.05, 0) is 11.6 Å². The number of halogens is 1. The Balaban J connectivity index is 2.92. The number of azide groups is 1. The number of methoxy groups -OCH3 is 1. The van der Waals surface area contributed by atoms with Gasteiger partial charge >= 0.3 is 0 Å². The van der Waals surface area contributed by atoms with E-state index in [2.05, 4.69) is 20.0 Å². The zero-order valence-electron chi connectivity index (χ0n) is 8.67. The van der Waals surface area contributed by atoms with Crippen molar-refractivity contribution in [1.82, 2.24) is 4.98 Å². The van der Waals surface area contributed by atoms with E-state index in [1.54, 1.807) is 13.2 Å². The van der Waals surface area contributed by atoms with E-state index < -0.39 is 0 Å². The third-order valence-corrected chi connectivity index (χ3v) is 2.02. The largest absolute Gasteiger partial charge is 0.383 e. The number of aromatic nitrogens is 1. The molecule has 0 unspecified atom stereocenters. The Kier molecular flexibility index (Phi) is 5.28.